The van der Waals surface area contributed by atoms with Crippen LogP contribution in [0.25, 0.3) is 0 Å². The van der Waals surface area contributed by atoms with Crippen molar-refractivity contribution in [1.82, 2.24) is 4.90 Å². The molecule has 0 fully saturated rings. The molecule has 0 amide bonds. The zero-order valence-corrected chi connectivity index (χ0v) is 13.1. The highest BCUT2D eigenvalue weighted by Gasteiger charge is 2.18. The molecule has 3 heteroatoms. The van der Waals surface area contributed by atoms with Crippen LogP contribution >= 0.6 is 11.6 Å². The lowest BCUT2D eigenvalue weighted by molar-refractivity contribution is 0.201. The second-order valence-corrected chi connectivity index (χ2v) is 5.56. The summed E-state index contributed by atoms with van der Waals surface area (Å²) in [7, 11) is 0. The van der Waals surface area contributed by atoms with Crippen LogP contribution in [0.3, 0.4) is 0 Å². The maximum Gasteiger partial charge on any atom is 0.120 e. The lowest BCUT2D eigenvalue weighted by Gasteiger charge is -2.30. The zero-order valence-electron chi connectivity index (χ0n) is 12.3. The fourth-order valence-electron chi connectivity index (χ4n) is 2.28. The van der Waals surface area contributed by atoms with Crippen molar-refractivity contribution in [1.29, 1.82) is 0 Å². The topological polar surface area (TPSA) is 23.5 Å². The molecule has 0 radical (unpaired) electrons. The summed E-state index contributed by atoms with van der Waals surface area (Å²) in [5.41, 5.74) is 0.930. The molecule has 0 aliphatic heterocycles. The minimum absolute atomic E-state index is 0.205. The van der Waals surface area contributed by atoms with Gasteiger partial charge in [-0.3, -0.25) is 4.90 Å². The van der Waals surface area contributed by atoms with Crippen molar-refractivity contribution in [2.24, 2.45) is 0 Å². The summed E-state index contributed by atoms with van der Waals surface area (Å²) < 4.78 is 0. The Morgan fingerprint density at radius 3 is 2.26 bits per heavy atom. The van der Waals surface area contributed by atoms with Gasteiger partial charge in [0.2, 0.25) is 0 Å². The second-order valence-electron chi connectivity index (χ2n) is 5.12. The molecule has 1 unspecified atom stereocenters. The maximum atomic E-state index is 10.0. The third-order valence-corrected chi connectivity index (χ3v) is 3.82. The van der Waals surface area contributed by atoms with Crippen LogP contribution in [0, 0.1) is 0 Å². The van der Waals surface area contributed by atoms with E-state index in [-0.39, 0.29) is 6.04 Å². The molecule has 0 aliphatic carbocycles. The highest BCUT2D eigenvalue weighted by molar-refractivity contribution is 6.30. The van der Waals surface area contributed by atoms with Gasteiger partial charge in [0.25, 0.3) is 0 Å². The number of unbranched alkanes of at least 4 members (excludes halogenated alkanes) is 2. The summed E-state index contributed by atoms with van der Waals surface area (Å²) in [5, 5.41) is 10.7. The zero-order chi connectivity index (χ0) is 14.3. The quantitative estimate of drug-likeness (QED) is 0.725. The lowest BCUT2D eigenvalue weighted by atomic mass is 10.0. The van der Waals surface area contributed by atoms with Gasteiger partial charge >= 0.3 is 0 Å². The van der Waals surface area contributed by atoms with E-state index in [0.29, 0.717) is 10.8 Å². The van der Waals surface area contributed by atoms with E-state index in [1.165, 1.54) is 25.7 Å². The largest absolute Gasteiger partial charge is 0.508 e. The number of hydrogen-bond donors (Lipinski definition) is 1. The highest BCUT2D eigenvalue weighted by Crippen LogP contribution is 2.31. The summed E-state index contributed by atoms with van der Waals surface area (Å²) in [6.07, 6.45) is 4.76. The third kappa shape index (κ3) is 5.04. The van der Waals surface area contributed by atoms with E-state index >= 15 is 0 Å². The van der Waals surface area contributed by atoms with Gasteiger partial charge in [-0.15, -0.1) is 0 Å². The molecule has 0 aliphatic rings. The van der Waals surface area contributed by atoms with Gasteiger partial charge in [-0.25, -0.2) is 0 Å². The highest BCUT2D eigenvalue weighted by atomic mass is 35.5. The van der Waals surface area contributed by atoms with E-state index in [2.05, 4.69) is 25.7 Å². The molecule has 1 aromatic carbocycles. The molecular weight excluding hydrogens is 258 g/mol. The molecule has 1 atom stereocenters. The van der Waals surface area contributed by atoms with Gasteiger partial charge in [-0.2, -0.15) is 0 Å². The van der Waals surface area contributed by atoms with Gasteiger partial charge in [0.05, 0.1) is 0 Å². The number of aromatic hydroxyl groups is 1. The number of hydrogen-bond acceptors (Lipinski definition) is 2. The first-order valence-corrected chi connectivity index (χ1v) is 7.70. The van der Waals surface area contributed by atoms with Crippen LogP contribution in [0.1, 0.15) is 58.1 Å². The molecule has 1 aromatic rings. The van der Waals surface area contributed by atoms with Crippen LogP contribution < -0.4 is 0 Å². The molecule has 0 bridgehead atoms. The van der Waals surface area contributed by atoms with E-state index < -0.39 is 0 Å². The van der Waals surface area contributed by atoms with Crippen molar-refractivity contribution in [2.45, 2.75) is 52.5 Å². The van der Waals surface area contributed by atoms with Crippen molar-refractivity contribution in [2.75, 3.05) is 13.1 Å². The molecule has 108 valence electrons. The molecule has 1 rings (SSSR count). The van der Waals surface area contributed by atoms with Crippen LogP contribution in [0.2, 0.25) is 5.02 Å². The normalized spacial score (nSPS) is 12.9. The first-order valence-electron chi connectivity index (χ1n) is 7.32. The smallest absolute Gasteiger partial charge is 0.120 e. The van der Waals surface area contributed by atoms with Crippen LogP contribution in [-0.4, -0.2) is 23.1 Å². The minimum Gasteiger partial charge on any atom is -0.508 e. The number of halogens is 1. The van der Waals surface area contributed by atoms with Crippen LogP contribution in [0.15, 0.2) is 18.2 Å². The summed E-state index contributed by atoms with van der Waals surface area (Å²) in [4.78, 5) is 2.44. The number of benzene rings is 1. The van der Waals surface area contributed by atoms with Gasteiger partial charge in [0, 0.05) is 16.6 Å². The van der Waals surface area contributed by atoms with Crippen molar-refractivity contribution in [3.05, 3.63) is 28.8 Å². The molecule has 0 aromatic heterocycles. The van der Waals surface area contributed by atoms with Crippen LogP contribution in [-0.2, 0) is 0 Å². The Labute approximate surface area is 122 Å². The van der Waals surface area contributed by atoms with Crippen molar-refractivity contribution < 1.29 is 5.11 Å². The molecule has 0 saturated carbocycles. The number of phenols is 1. The minimum atomic E-state index is 0.205. The van der Waals surface area contributed by atoms with Crippen molar-refractivity contribution >= 4 is 11.6 Å². The van der Waals surface area contributed by atoms with E-state index in [4.69, 9.17) is 11.6 Å². The number of nitrogens with zero attached hydrogens (tertiary/aromatic N) is 1. The Kier molecular flexibility index (Phi) is 7.25. The summed E-state index contributed by atoms with van der Waals surface area (Å²) >= 11 is 6.04. The average Bonchev–Trinajstić information content (AvgIpc) is 2.41. The molecule has 0 spiro atoms. The summed E-state index contributed by atoms with van der Waals surface area (Å²) in [5.74, 6) is 0.342. The number of rotatable bonds is 8. The maximum absolute atomic E-state index is 10.0. The van der Waals surface area contributed by atoms with Gasteiger partial charge < -0.3 is 5.11 Å². The molecule has 0 saturated heterocycles. The van der Waals surface area contributed by atoms with E-state index in [0.717, 1.165) is 18.7 Å². The van der Waals surface area contributed by atoms with E-state index in [9.17, 15) is 5.11 Å². The lowest BCUT2D eigenvalue weighted by Crippen LogP contribution is -2.29. The Bertz CT molecular complexity index is 373. The second kappa shape index (κ2) is 8.44. The Morgan fingerprint density at radius 1 is 1.16 bits per heavy atom. The Balaban J connectivity index is 2.83. The predicted octanol–water partition coefficient (Wildman–Crippen LogP) is 5.01. The Morgan fingerprint density at radius 2 is 1.74 bits per heavy atom. The summed E-state index contributed by atoms with van der Waals surface area (Å²) in [6, 6.07) is 5.50. The van der Waals surface area contributed by atoms with Crippen molar-refractivity contribution in [3.63, 3.8) is 0 Å². The fourth-order valence-corrected chi connectivity index (χ4v) is 2.46. The summed E-state index contributed by atoms with van der Waals surface area (Å²) in [6.45, 7) is 8.71. The van der Waals surface area contributed by atoms with E-state index in [1.807, 2.05) is 6.07 Å². The fraction of sp³-hybridized carbons (Fsp3) is 0.625. The van der Waals surface area contributed by atoms with Gasteiger partial charge in [0.1, 0.15) is 5.75 Å². The molecular formula is C16H26ClNO. The molecule has 2 nitrogen and oxygen atoms in total. The van der Waals surface area contributed by atoms with Gasteiger partial charge in [0.15, 0.2) is 0 Å². The van der Waals surface area contributed by atoms with Crippen LogP contribution in [0.4, 0.5) is 0 Å². The first-order chi connectivity index (χ1) is 9.10. The van der Waals surface area contributed by atoms with Crippen LogP contribution in [0.5, 0.6) is 5.75 Å². The SMILES string of the molecule is CCCCN(CCCC)C(C)c1cc(Cl)ccc1O. The monoisotopic (exact) mass is 283 g/mol. The third-order valence-electron chi connectivity index (χ3n) is 3.59. The number of phenolic OH excluding ortho intramolecular Hbond substituents is 1. The molecule has 19 heavy (non-hydrogen) atoms. The first kappa shape index (κ1) is 16.3. The van der Waals surface area contributed by atoms with E-state index in [1.54, 1.807) is 12.1 Å². The van der Waals surface area contributed by atoms with Gasteiger partial charge in [-0.1, -0.05) is 38.3 Å². The molecule has 0 heterocycles. The molecule has 1 N–H and O–H groups in total. The Hall–Kier alpha value is -0.730. The predicted molar refractivity (Wildman–Crippen MR) is 82.9 cm³/mol. The van der Waals surface area contributed by atoms with Gasteiger partial charge in [-0.05, 0) is 51.1 Å². The average molecular weight is 284 g/mol. The van der Waals surface area contributed by atoms with Crippen molar-refractivity contribution in [3.8, 4) is 5.75 Å². The standard InChI is InChI=1S/C16H26ClNO/c1-4-6-10-18(11-7-5-2)13(3)15-12-14(17)8-9-16(15)19/h8-9,12-13,19H,4-7,10-11H2,1-3H3.